The molecule has 1 atom stereocenters. The monoisotopic (exact) mass is 330 g/mol. The van der Waals surface area contributed by atoms with E-state index in [2.05, 4.69) is 29.4 Å². The van der Waals surface area contributed by atoms with E-state index in [9.17, 15) is 4.79 Å². The van der Waals surface area contributed by atoms with Gasteiger partial charge in [0, 0.05) is 18.1 Å². The fourth-order valence-corrected chi connectivity index (χ4v) is 2.89. The number of hydrogen-bond donors (Lipinski definition) is 1. The SMILES string of the molecule is CCC(C(=O)Nc1ccc(-c2ccncc2)cc1)c1ccc(C)cc1. The fraction of sp³-hybridized carbons (Fsp3) is 0.182. The molecule has 1 unspecified atom stereocenters. The summed E-state index contributed by atoms with van der Waals surface area (Å²) in [6.45, 7) is 4.09. The minimum Gasteiger partial charge on any atom is -0.326 e. The molecule has 3 nitrogen and oxygen atoms in total. The van der Waals surface area contributed by atoms with Crippen LogP contribution in [-0.2, 0) is 4.79 Å². The Bertz CT molecular complexity index is 824. The Hall–Kier alpha value is -2.94. The highest BCUT2D eigenvalue weighted by Gasteiger charge is 2.18. The maximum atomic E-state index is 12.7. The Kier molecular flexibility index (Phi) is 5.24. The highest BCUT2D eigenvalue weighted by Crippen LogP contribution is 2.24. The number of hydrogen-bond acceptors (Lipinski definition) is 2. The van der Waals surface area contributed by atoms with Gasteiger partial charge in [-0.3, -0.25) is 9.78 Å². The van der Waals surface area contributed by atoms with Crippen molar-refractivity contribution in [1.82, 2.24) is 4.98 Å². The van der Waals surface area contributed by atoms with E-state index in [4.69, 9.17) is 0 Å². The Labute approximate surface area is 148 Å². The van der Waals surface area contributed by atoms with Crippen molar-refractivity contribution in [2.45, 2.75) is 26.2 Å². The molecule has 126 valence electrons. The molecule has 25 heavy (non-hydrogen) atoms. The molecule has 0 aliphatic carbocycles. The molecule has 0 saturated carbocycles. The molecule has 3 aromatic rings. The first-order chi connectivity index (χ1) is 12.2. The molecule has 3 rings (SSSR count). The second kappa shape index (κ2) is 7.75. The van der Waals surface area contributed by atoms with Crippen LogP contribution in [0.2, 0.25) is 0 Å². The third-order valence-corrected chi connectivity index (χ3v) is 4.37. The fourth-order valence-electron chi connectivity index (χ4n) is 2.89. The number of benzene rings is 2. The van der Waals surface area contributed by atoms with Gasteiger partial charge >= 0.3 is 0 Å². The highest BCUT2D eigenvalue weighted by atomic mass is 16.1. The molecule has 0 radical (unpaired) electrons. The summed E-state index contributed by atoms with van der Waals surface area (Å²) in [4.78, 5) is 16.7. The summed E-state index contributed by atoms with van der Waals surface area (Å²) in [5.74, 6) is -0.108. The van der Waals surface area contributed by atoms with E-state index in [-0.39, 0.29) is 11.8 Å². The van der Waals surface area contributed by atoms with Crippen LogP contribution in [0.5, 0.6) is 0 Å². The normalized spacial score (nSPS) is 11.8. The average Bonchev–Trinajstić information content (AvgIpc) is 2.65. The van der Waals surface area contributed by atoms with Crippen LogP contribution < -0.4 is 5.32 Å². The number of aromatic nitrogens is 1. The maximum Gasteiger partial charge on any atom is 0.231 e. The minimum absolute atomic E-state index is 0.0306. The summed E-state index contributed by atoms with van der Waals surface area (Å²) in [6, 6.07) is 20.0. The molecule has 2 aromatic carbocycles. The van der Waals surface area contributed by atoms with Crippen molar-refractivity contribution in [3.8, 4) is 11.1 Å². The lowest BCUT2D eigenvalue weighted by Gasteiger charge is -2.16. The molecule has 0 aliphatic rings. The second-order valence-corrected chi connectivity index (χ2v) is 6.17. The van der Waals surface area contributed by atoms with Crippen LogP contribution in [0.1, 0.15) is 30.4 Å². The molecule has 0 bridgehead atoms. The number of aryl methyl sites for hydroxylation is 1. The Balaban J connectivity index is 1.72. The summed E-state index contributed by atoms with van der Waals surface area (Å²) >= 11 is 0. The first-order valence-corrected chi connectivity index (χ1v) is 8.55. The molecule has 1 amide bonds. The van der Waals surface area contributed by atoms with Gasteiger partial charge in [-0.15, -0.1) is 0 Å². The van der Waals surface area contributed by atoms with Gasteiger partial charge in [-0.1, -0.05) is 48.9 Å². The number of anilines is 1. The van der Waals surface area contributed by atoms with Crippen molar-refractivity contribution in [2.24, 2.45) is 0 Å². The van der Waals surface area contributed by atoms with Crippen LogP contribution >= 0.6 is 0 Å². The Morgan fingerprint density at radius 3 is 2.12 bits per heavy atom. The number of nitrogens with one attached hydrogen (secondary N) is 1. The van der Waals surface area contributed by atoms with E-state index in [0.717, 1.165) is 28.8 Å². The van der Waals surface area contributed by atoms with Gasteiger partial charge in [-0.2, -0.15) is 0 Å². The van der Waals surface area contributed by atoms with Crippen molar-refractivity contribution < 1.29 is 4.79 Å². The molecular weight excluding hydrogens is 308 g/mol. The lowest BCUT2D eigenvalue weighted by atomic mass is 9.94. The standard InChI is InChI=1S/C22H22N2O/c1-3-21(19-6-4-16(2)5-7-19)22(25)24-20-10-8-17(9-11-20)18-12-14-23-15-13-18/h4-15,21H,3H2,1-2H3,(H,24,25). The minimum atomic E-state index is -0.138. The van der Waals surface area contributed by atoms with Crippen molar-refractivity contribution >= 4 is 11.6 Å². The number of carbonyl (C=O) groups is 1. The second-order valence-electron chi connectivity index (χ2n) is 6.17. The lowest BCUT2D eigenvalue weighted by molar-refractivity contribution is -0.117. The van der Waals surface area contributed by atoms with Crippen molar-refractivity contribution in [2.75, 3.05) is 5.32 Å². The molecule has 1 N–H and O–H groups in total. The van der Waals surface area contributed by atoms with Crippen LogP contribution in [0.15, 0.2) is 73.1 Å². The van der Waals surface area contributed by atoms with Crippen LogP contribution in [-0.4, -0.2) is 10.9 Å². The van der Waals surface area contributed by atoms with Crippen molar-refractivity contribution in [3.63, 3.8) is 0 Å². The zero-order valence-corrected chi connectivity index (χ0v) is 14.6. The van der Waals surface area contributed by atoms with Crippen LogP contribution in [0.25, 0.3) is 11.1 Å². The number of carbonyl (C=O) groups excluding carboxylic acids is 1. The third-order valence-electron chi connectivity index (χ3n) is 4.37. The molecule has 0 fully saturated rings. The van der Waals surface area contributed by atoms with Crippen LogP contribution in [0.4, 0.5) is 5.69 Å². The van der Waals surface area contributed by atoms with E-state index >= 15 is 0 Å². The third kappa shape index (κ3) is 4.13. The van der Waals surface area contributed by atoms with E-state index in [1.54, 1.807) is 12.4 Å². The average molecular weight is 330 g/mol. The quantitative estimate of drug-likeness (QED) is 0.699. The Morgan fingerprint density at radius 1 is 0.920 bits per heavy atom. The largest absolute Gasteiger partial charge is 0.326 e. The van der Waals surface area contributed by atoms with Gasteiger partial charge in [-0.25, -0.2) is 0 Å². The molecule has 1 aromatic heterocycles. The first-order valence-electron chi connectivity index (χ1n) is 8.55. The van der Waals surface area contributed by atoms with Crippen molar-refractivity contribution in [1.29, 1.82) is 0 Å². The van der Waals surface area contributed by atoms with E-state index in [0.29, 0.717) is 0 Å². The van der Waals surface area contributed by atoms with Gasteiger partial charge in [0.25, 0.3) is 0 Å². The molecule has 0 saturated heterocycles. The first kappa shape index (κ1) is 16.9. The van der Waals surface area contributed by atoms with Gasteiger partial charge in [0.2, 0.25) is 5.91 Å². The van der Waals surface area contributed by atoms with Gasteiger partial charge in [0.15, 0.2) is 0 Å². The number of amides is 1. The smallest absolute Gasteiger partial charge is 0.231 e. The van der Waals surface area contributed by atoms with E-state index in [1.807, 2.05) is 55.5 Å². The zero-order chi connectivity index (χ0) is 17.6. The zero-order valence-electron chi connectivity index (χ0n) is 14.6. The Morgan fingerprint density at radius 2 is 1.52 bits per heavy atom. The topological polar surface area (TPSA) is 42.0 Å². The molecule has 0 spiro atoms. The van der Waals surface area contributed by atoms with Gasteiger partial charge in [0.1, 0.15) is 0 Å². The summed E-state index contributed by atoms with van der Waals surface area (Å²) < 4.78 is 0. The molecule has 0 aliphatic heterocycles. The number of nitrogens with zero attached hydrogens (tertiary/aromatic N) is 1. The van der Waals surface area contributed by atoms with Crippen LogP contribution in [0.3, 0.4) is 0 Å². The predicted octanol–water partition coefficient (Wildman–Crippen LogP) is 5.19. The van der Waals surface area contributed by atoms with E-state index in [1.165, 1.54) is 5.56 Å². The maximum absolute atomic E-state index is 12.7. The summed E-state index contributed by atoms with van der Waals surface area (Å²) in [7, 11) is 0. The molecule has 1 heterocycles. The van der Waals surface area contributed by atoms with E-state index < -0.39 is 0 Å². The van der Waals surface area contributed by atoms with Gasteiger partial charge in [-0.05, 0) is 54.3 Å². The highest BCUT2D eigenvalue weighted by molar-refractivity contribution is 5.96. The summed E-state index contributed by atoms with van der Waals surface area (Å²) in [6.07, 6.45) is 4.32. The molecule has 3 heteroatoms. The summed E-state index contributed by atoms with van der Waals surface area (Å²) in [5.41, 5.74) is 5.28. The predicted molar refractivity (Wildman–Crippen MR) is 103 cm³/mol. The van der Waals surface area contributed by atoms with Crippen molar-refractivity contribution in [3.05, 3.63) is 84.2 Å². The number of pyridine rings is 1. The van der Waals surface area contributed by atoms with Gasteiger partial charge < -0.3 is 5.32 Å². The lowest BCUT2D eigenvalue weighted by Crippen LogP contribution is -2.20. The molecular formula is C22H22N2O. The number of rotatable bonds is 5. The van der Waals surface area contributed by atoms with Crippen LogP contribution in [0, 0.1) is 6.92 Å². The summed E-state index contributed by atoms with van der Waals surface area (Å²) in [5, 5.41) is 3.03. The van der Waals surface area contributed by atoms with Gasteiger partial charge in [0.05, 0.1) is 5.92 Å².